The van der Waals surface area contributed by atoms with Gasteiger partial charge in [0.15, 0.2) is 0 Å². The van der Waals surface area contributed by atoms with Crippen LogP contribution in [0.5, 0.6) is 0 Å². The molecule has 11 aromatic rings. The first kappa shape index (κ1) is 35.3. The Morgan fingerprint density at radius 3 is 1.42 bits per heavy atom. The Labute approximate surface area is 361 Å². The number of para-hydroxylation sites is 2. The lowest BCUT2D eigenvalue weighted by molar-refractivity contribution is 0.660. The van der Waals surface area contributed by atoms with Gasteiger partial charge in [-0.2, -0.15) is 0 Å². The SMILES string of the molecule is CC1(C)c2ccccc2-c2cc(N(c3ccc4c(c3)C(C)(C)c3ccccc3-4)c3ccc4c5ccccc5c5ccccc5c4c3-n3c4ccccc4c4ccccc43)ccc21. The molecule has 2 heteroatoms. The standard InChI is InChI=1S/C60H44N2/c1-59(2)51-26-14-10-21-43(51)49-35-37(30-33-52(49)59)61(38-29-31-44-42-20-9-13-25-50(42)60(3,4)53(44)36-38)56-34-32-48-41-19-6-5-17-39(41)40-18-7-8-24-47(40)57(48)58(56)62-54-27-15-11-22-45(54)46-23-12-16-28-55(46)62/h5-36H,1-4H3. The number of aromatic nitrogens is 1. The minimum Gasteiger partial charge on any atom is -0.308 e. The summed E-state index contributed by atoms with van der Waals surface area (Å²) >= 11 is 0. The van der Waals surface area contributed by atoms with Gasteiger partial charge in [-0.15, -0.1) is 0 Å². The maximum atomic E-state index is 2.57. The van der Waals surface area contributed by atoms with E-state index in [-0.39, 0.29) is 10.8 Å². The lowest BCUT2D eigenvalue weighted by Gasteiger charge is -2.32. The Bertz CT molecular complexity index is 3620. The van der Waals surface area contributed by atoms with Crippen molar-refractivity contribution in [2.75, 3.05) is 4.90 Å². The topological polar surface area (TPSA) is 8.17 Å². The molecule has 0 aliphatic heterocycles. The molecule has 0 saturated carbocycles. The third-order valence-electron chi connectivity index (χ3n) is 14.6. The van der Waals surface area contributed by atoms with Crippen molar-refractivity contribution in [2.45, 2.75) is 38.5 Å². The number of hydrogen-bond donors (Lipinski definition) is 0. The number of anilines is 3. The van der Waals surface area contributed by atoms with Gasteiger partial charge in [0.05, 0.1) is 22.4 Å². The summed E-state index contributed by atoms with van der Waals surface area (Å²) in [5, 5.41) is 10.0. The normalized spacial score (nSPS) is 14.4. The summed E-state index contributed by atoms with van der Waals surface area (Å²) in [7, 11) is 0. The molecule has 0 amide bonds. The summed E-state index contributed by atoms with van der Waals surface area (Å²) in [5.41, 5.74) is 17.4. The molecule has 2 aliphatic rings. The first-order valence-corrected chi connectivity index (χ1v) is 21.9. The molecule has 1 heterocycles. The van der Waals surface area contributed by atoms with Gasteiger partial charge >= 0.3 is 0 Å². The lowest BCUT2D eigenvalue weighted by atomic mass is 9.82. The van der Waals surface area contributed by atoms with Gasteiger partial charge in [-0.1, -0.05) is 179 Å². The highest BCUT2D eigenvalue weighted by Crippen LogP contribution is 2.55. The van der Waals surface area contributed by atoms with Crippen LogP contribution in [-0.2, 0) is 10.8 Å². The van der Waals surface area contributed by atoms with Crippen LogP contribution in [0.3, 0.4) is 0 Å². The molecule has 294 valence electrons. The number of rotatable bonds is 4. The average Bonchev–Trinajstić information content (AvgIpc) is 3.85. The van der Waals surface area contributed by atoms with Crippen molar-refractivity contribution < 1.29 is 0 Å². The second kappa shape index (κ2) is 12.6. The van der Waals surface area contributed by atoms with E-state index in [9.17, 15) is 0 Å². The van der Waals surface area contributed by atoms with Gasteiger partial charge in [0.2, 0.25) is 0 Å². The van der Waals surface area contributed by atoms with Gasteiger partial charge in [0.25, 0.3) is 0 Å². The van der Waals surface area contributed by atoms with Crippen molar-refractivity contribution in [1.29, 1.82) is 0 Å². The highest BCUT2D eigenvalue weighted by molar-refractivity contribution is 6.29. The minimum absolute atomic E-state index is 0.101. The summed E-state index contributed by atoms with van der Waals surface area (Å²) < 4.78 is 2.56. The van der Waals surface area contributed by atoms with Crippen LogP contribution < -0.4 is 4.90 Å². The summed E-state index contributed by atoms with van der Waals surface area (Å²) in [6.07, 6.45) is 0. The first-order chi connectivity index (χ1) is 30.3. The van der Waals surface area contributed by atoms with Crippen LogP contribution in [-0.4, -0.2) is 4.57 Å². The predicted molar refractivity (Wildman–Crippen MR) is 263 cm³/mol. The molecule has 0 bridgehead atoms. The molecule has 2 aliphatic carbocycles. The zero-order valence-corrected chi connectivity index (χ0v) is 35.4. The van der Waals surface area contributed by atoms with Crippen LogP contribution >= 0.6 is 0 Å². The van der Waals surface area contributed by atoms with E-state index in [0.29, 0.717) is 0 Å². The first-order valence-electron chi connectivity index (χ1n) is 21.9. The van der Waals surface area contributed by atoms with Crippen LogP contribution in [0.2, 0.25) is 0 Å². The maximum Gasteiger partial charge on any atom is 0.0788 e. The molecule has 0 N–H and O–H groups in total. The van der Waals surface area contributed by atoms with Crippen molar-refractivity contribution in [3.8, 4) is 27.9 Å². The molecule has 13 rings (SSSR count). The minimum atomic E-state index is -0.164. The smallest absolute Gasteiger partial charge is 0.0788 e. The van der Waals surface area contributed by atoms with E-state index in [0.717, 1.165) is 17.1 Å². The summed E-state index contributed by atoms with van der Waals surface area (Å²) in [4.78, 5) is 2.57. The van der Waals surface area contributed by atoms with E-state index in [4.69, 9.17) is 0 Å². The highest BCUT2D eigenvalue weighted by Gasteiger charge is 2.38. The van der Waals surface area contributed by atoms with Crippen molar-refractivity contribution in [3.63, 3.8) is 0 Å². The molecule has 2 nitrogen and oxygen atoms in total. The van der Waals surface area contributed by atoms with Gasteiger partial charge in [-0.3, -0.25) is 0 Å². The molecule has 10 aromatic carbocycles. The monoisotopic (exact) mass is 792 g/mol. The van der Waals surface area contributed by atoms with E-state index in [1.807, 2.05) is 0 Å². The third kappa shape index (κ3) is 4.64. The van der Waals surface area contributed by atoms with Crippen molar-refractivity contribution in [1.82, 2.24) is 4.57 Å². The van der Waals surface area contributed by atoms with E-state index < -0.39 is 0 Å². The number of hydrogen-bond acceptors (Lipinski definition) is 1. The number of fused-ring (bicyclic) bond motifs is 15. The Morgan fingerprint density at radius 2 is 0.774 bits per heavy atom. The zero-order valence-electron chi connectivity index (χ0n) is 35.4. The van der Waals surface area contributed by atoms with E-state index in [2.05, 4.69) is 231 Å². The van der Waals surface area contributed by atoms with Crippen LogP contribution in [0, 0.1) is 0 Å². The largest absolute Gasteiger partial charge is 0.308 e. The number of benzene rings is 10. The van der Waals surface area contributed by atoms with Crippen molar-refractivity contribution in [3.05, 3.63) is 216 Å². The Morgan fingerprint density at radius 1 is 0.339 bits per heavy atom. The van der Waals surface area contributed by atoms with Crippen molar-refractivity contribution >= 4 is 71.2 Å². The molecule has 62 heavy (non-hydrogen) atoms. The van der Waals surface area contributed by atoms with Gasteiger partial charge < -0.3 is 9.47 Å². The van der Waals surface area contributed by atoms with E-state index >= 15 is 0 Å². The second-order valence-corrected chi connectivity index (χ2v) is 18.5. The van der Waals surface area contributed by atoms with Gasteiger partial charge in [0.1, 0.15) is 0 Å². The van der Waals surface area contributed by atoms with Gasteiger partial charge in [-0.25, -0.2) is 0 Å². The summed E-state index contributed by atoms with van der Waals surface area (Å²) in [5.74, 6) is 0. The molecular weight excluding hydrogens is 749 g/mol. The maximum absolute atomic E-state index is 2.57. The lowest BCUT2D eigenvalue weighted by Crippen LogP contribution is -2.18. The Balaban J connectivity index is 1.21. The van der Waals surface area contributed by atoms with Crippen LogP contribution in [0.15, 0.2) is 194 Å². The molecule has 1 aromatic heterocycles. The summed E-state index contributed by atoms with van der Waals surface area (Å²) in [6.45, 7) is 9.51. The average molecular weight is 793 g/mol. The fourth-order valence-corrected chi connectivity index (χ4v) is 11.6. The zero-order chi connectivity index (χ0) is 41.5. The predicted octanol–water partition coefficient (Wildman–Crippen LogP) is 16.3. The second-order valence-electron chi connectivity index (χ2n) is 18.5. The quantitative estimate of drug-likeness (QED) is 0.161. The Hall–Kier alpha value is -7.42. The number of nitrogens with zero attached hydrogens (tertiary/aromatic N) is 2. The fourth-order valence-electron chi connectivity index (χ4n) is 11.6. The van der Waals surface area contributed by atoms with E-state index in [1.165, 1.54) is 104 Å². The molecule has 0 atom stereocenters. The fraction of sp³-hybridized carbons (Fsp3) is 0.100. The van der Waals surface area contributed by atoms with Crippen LogP contribution in [0.25, 0.3) is 82.1 Å². The van der Waals surface area contributed by atoms with Gasteiger partial charge in [0, 0.05) is 38.4 Å². The molecule has 0 spiro atoms. The molecule has 0 fully saturated rings. The summed E-state index contributed by atoms with van der Waals surface area (Å²) in [6, 6.07) is 73.1. The van der Waals surface area contributed by atoms with Gasteiger partial charge in [-0.05, 0) is 114 Å². The van der Waals surface area contributed by atoms with Crippen LogP contribution in [0.1, 0.15) is 49.9 Å². The molecule has 0 unspecified atom stereocenters. The van der Waals surface area contributed by atoms with Crippen molar-refractivity contribution in [2.24, 2.45) is 0 Å². The molecular formula is C60H44N2. The van der Waals surface area contributed by atoms with Crippen LogP contribution in [0.4, 0.5) is 17.1 Å². The Kier molecular flexibility index (Phi) is 7.16. The molecule has 0 saturated heterocycles. The molecule has 0 radical (unpaired) electrons. The highest BCUT2D eigenvalue weighted by atomic mass is 15.2. The third-order valence-corrected chi connectivity index (χ3v) is 14.6. The van der Waals surface area contributed by atoms with E-state index in [1.54, 1.807) is 0 Å².